The first-order valence-electron chi connectivity index (χ1n) is 5.06. The van der Waals surface area contributed by atoms with E-state index >= 15 is 0 Å². The Morgan fingerprint density at radius 1 is 1.28 bits per heavy atom. The Morgan fingerprint density at radius 3 is 2.67 bits per heavy atom. The maximum absolute atomic E-state index is 11.1. The standard InChI is InChI=1S/C12H8ClNO4/c13-7-11(15)18-10-6-5-8-3-1-2-4-9(8)12(10)14(16)17/h1-6H,7H2. The van der Waals surface area contributed by atoms with Gasteiger partial charge in [0.2, 0.25) is 5.75 Å². The number of hydrogen-bond donors (Lipinski definition) is 0. The summed E-state index contributed by atoms with van der Waals surface area (Å²) in [5, 5.41) is 12.2. The second-order valence-electron chi connectivity index (χ2n) is 3.50. The monoisotopic (exact) mass is 265 g/mol. The van der Waals surface area contributed by atoms with E-state index in [0.29, 0.717) is 10.8 Å². The minimum Gasteiger partial charge on any atom is -0.418 e. The van der Waals surface area contributed by atoms with Crippen molar-refractivity contribution in [3.05, 3.63) is 46.5 Å². The van der Waals surface area contributed by atoms with Crippen LogP contribution in [0.4, 0.5) is 5.69 Å². The molecule has 0 aliphatic carbocycles. The van der Waals surface area contributed by atoms with Crippen LogP contribution >= 0.6 is 11.6 Å². The number of nitrogens with zero attached hydrogens (tertiary/aromatic N) is 1. The number of carbonyl (C=O) groups is 1. The van der Waals surface area contributed by atoms with Crippen molar-refractivity contribution in [2.45, 2.75) is 0 Å². The molecule has 92 valence electrons. The largest absolute Gasteiger partial charge is 0.418 e. The maximum atomic E-state index is 11.1. The number of halogens is 1. The summed E-state index contributed by atoms with van der Waals surface area (Å²) in [5.74, 6) is -1.18. The van der Waals surface area contributed by atoms with Gasteiger partial charge in [-0.15, -0.1) is 11.6 Å². The van der Waals surface area contributed by atoms with Gasteiger partial charge in [0.15, 0.2) is 0 Å². The molecule has 0 aliphatic rings. The minimum atomic E-state index is -0.727. The van der Waals surface area contributed by atoms with Crippen molar-refractivity contribution in [1.82, 2.24) is 0 Å². The molecule has 0 aliphatic heterocycles. The van der Waals surface area contributed by atoms with E-state index in [9.17, 15) is 14.9 Å². The molecular weight excluding hydrogens is 258 g/mol. The van der Waals surface area contributed by atoms with Gasteiger partial charge in [0.05, 0.1) is 10.3 Å². The molecule has 0 unspecified atom stereocenters. The highest BCUT2D eigenvalue weighted by molar-refractivity contribution is 6.26. The molecule has 0 bridgehead atoms. The number of hydrogen-bond acceptors (Lipinski definition) is 4. The predicted octanol–water partition coefficient (Wildman–Crippen LogP) is 2.89. The number of benzene rings is 2. The Kier molecular flexibility index (Phi) is 3.43. The number of fused-ring (bicyclic) bond motifs is 1. The Hall–Kier alpha value is -2.14. The molecule has 0 saturated carbocycles. The summed E-state index contributed by atoms with van der Waals surface area (Å²) in [6.07, 6.45) is 0. The van der Waals surface area contributed by atoms with Crippen molar-refractivity contribution >= 4 is 34.0 Å². The third kappa shape index (κ3) is 2.26. The molecule has 5 nitrogen and oxygen atoms in total. The minimum absolute atomic E-state index is 0.0932. The Labute approximate surface area is 107 Å². The number of esters is 1. The van der Waals surface area contributed by atoms with Crippen LogP contribution in [-0.2, 0) is 4.79 Å². The number of ether oxygens (including phenoxy) is 1. The summed E-state index contributed by atoms with van der Waals surface area (Å²) >= 11 is 5.31. The lowest BCUT2D eigenvalue weighted by molar-refractivity contribution is -0.383. The molecule has 18 heavy (non-hydrogen) atoms. The predicted molar refractivity (Wildman–Crippen MR) is 67.0 cm³/mol. The zero-order valence-electron chi connectivity index (χ0n) is 9.13. The van der Waals surface area contributed by atoms with E-state index in [0.717, 1.165) is 0 Å². The van der Waals surface area contributed by atoms with Crippen LogP contribution in [0.5, 0.6) is 5.75 Å². The highest BCUT2D eigenvalue weighted by atomic mass is 35.5. The first-order chi connectivity index (χ1) is 8.63. The van der Waals surface area contributed by atoms with Crippen LogP contribution < -0.4 is 4.74 Å². The fraction of sp³-hybridized carbons (Fsp3) is 0.0833. The van der Waals surface area contributed by atoms with Crippen molar-refractivity contribution in [2.75, 3.05) is 5.88 Å². The van der Waals surface area contributed by atoms with Crippen molar-refractivity contribution < 1.29 is 14.5 Å². The topological polar surface area (TPSA) is 69.4 Å². The zero-order valence-corrected chi connectivity index (χ0v) is 9.89. The zero-order chi connectivity index (χ0) is 13.1. The molecule has 2 aromatic rings. The van der Waals surface area contributed by atoms with E-state index in [-0.39, 0.29) is 17.3 Å². The molecule has 0 spiro atoms. The molecule has 2 aromatic carbocycles. The van der Waals surface area contributed by atoms with Crippen molar-refractivity contribution in [2.24, 2.45) is 0 Å². The second kappa shape index (κ2) is 5.01. The fourth-order valence-electron chi connectivity index (χ4n) is 1.66. The SMILES string of the molecule is O=C(CCl)Oc1ccc2ccccc2c1[N+](=O)[O-]. The van der Waals surface area contributed by atoms with E-state index in [1.165, 1.54) is 6.07 Å². The number of nitro groups is 1. The molecule has 0 fully saturated rings. The van der Waals surface area contributed by atoms with Crippen molar-refractivity contribution in [3.8, 4) is 5.75 Å². The van der Waals surface area contributed by atoms with Crippen molar-refractivity contribution in [3.63, 3.8) is 0 Å². The van der Waals surface area contributed by atoms with Gasteiger partial charge < -0.3 is 4.74 Å². The number of rotatable bonds is 3. The third-order valence-corrected chi connectivity index (χ3v) is 2.60. The van der Waals surface area contributed by atoms with Crippen LogP contribution in [0.15, 0.2) is 36.4 Å². The molecule has 0 heterocycles. The molecule has 0 atom stereocenters. The molecule has 0 amide bonds. The van der Waals surface area contributed by atoms with Gasteiger partial charge in [0, 0.05) is 0 Å². The van der Waals surface area contributed by atoms with Crippen LogP contribution in [-0.4, -0.2) is 16.8 Å². The summed E-state index contributed by atoms with van der Waals surface area (Å²) in [4.78, 5) is 21.6. The second-order valence-corrected chi connectivity index (χ2v) is 3.77. The fourth-order valence-corrected chi connectivity index (χ4v) is 1.71. The van der Waals surface area contributed by atoms with Gasteiger partial charge in [-0.3, -0.25) is 14.9 Å². The lowest BCUT2D eigenvalue weighted by Crippen LogP contribution is -2.10. The van der Waals surface area contributed by atoms with Crippen LogP contribution in [0.3, 0.4) is 0 Å². The van der Waals surface area contributed by atoms with Gasteiger partial charge in [0.25, 0.3) is 0 Å². The van der Waals surface area contributed by atoms with E-state index in [1.807, 2.05) is 0 Å². The van der Waals surface area contributed by atoms with Gasteiger partial charge in [-0.2, -0.15) is 0 Å². The summed E-state index contributed by atoms with van der Waals surface area (Å²) in [6, 6.07) is 9.85. The summed E-state index contributed by atoms with van der Waals surface area (Å²) in [5.41, 5.74) is -0.230. The lowest BCUT2D eigenvalue weighted by Gasteiger charge is -2.05. The highest BCUT2D eigenvalue weighted by Gasteiger charge is 2.21. The van der Waals surface area contributed by atoms with Gasteiger partial charge in [-0.25, -0.2) is 0 Å². The van der Waals surface area contributed by atoms with Crippen molar-refractivity contribution in [1.29, 1.82) is 0 Å². The Morgan fingerprint density at radius 2 is 2.00 bits per heavy atom. The lowest BCUT2D eigenvalue weighted by atomic mass is 10.1. The number of nitro benzene ring substituents is 1. The molecule has 0 radical (unpaired) electrons. The van der Waals surface area contributed by atoms with Crippen LogP contribution in [0.1, 0.15) is 0 Å². The Balaban J connectivity index is 2.63. The highest BCUT2D eigenvalue weighted by Crippen LogP contribution is 2.35. The molecule has 2 rings (SSSR count). The number of alkyl halides is 1. The average Bonchev–Trinajstić information content (AvgIpc) is 2.37. The molecular formula is C12H8ClNO4. The van der Waals surface area contributed by atoms with Crippen LogP contribution in [0.25, 0.3) is 10.8 Å². The van der Waals surface area contributed by atoms with E-state index in [1.54, 1.807) is 30.3 Å². The van der Waals surface area contributed by atoms with E-state index in [4.69, 9.17) is 16.3 Å². The van der Waals surface area contributed by atoms with E-state index < -0.39 is 10.9 Å². The first kappa shape index (κ1) is 12.3. The van der Waals surface area contributed by atoms with Gasteiger partial charge in [-0.1, -0.05) is 24.3 Å². The van der Waals surface area contributed by atoms with Gasteiger partial charge >= 0.3 is 11.7 Å². The number of carbonyl (C=O) groups excluding carboxylic acids is 1. The van der Waals surface area contributed by atoms with E-state index in [2.05, 4.69) is 0 Å². The molecule has 0 saturated heterocycles. The maximum Gasteiger partial charge on any atom is 0.326 e. The summed E-state index contributed by atoms with van der Waals surface area (Å²) < 4.78 is 4.85. The molecule has 0 aromatic heterocycles. The van der Waals surface area contributed by atoms with Crippen LogP contribution in [0.2, 0.25) is 0 Å². The first-order valence-corrected chi connectivity index (χ1v) is 5.59. The third-order valence-electron chi connectivity index (χ3n) is 2.38. The molecule has 0 N–H and O–H groups in total. The smallest absolute Gasteiger partial charge is 0.326 e. The molecule has 6 heteroatoms. The Bertz CT molecular complexity index is 627. The van der Waals surface area contributed by atoms with Gasteiger partial charge in [0.1, 0.15) is 5.88 Å². The average molecular weight is 266 g/mol. The normalized spacial score (nSPS) is 10.3. The summed E-state index contributed by atoms with van der Waals surface area (Å²) in [7, 11) is 0. The quantitative estimate of drug-likeness (QED) is 0.281. The van der Waals surface area contributed by atoms with Crippen LogP contribution in [0, 0.1) is 10.1 Å². The summed E-state index contributed by atoms with van der Waals surface area (Å²) in [6.45, 7) is 0. The van der Waals surface area contributed by atoms with Gasteiger partial charge in [-0.05, 0) is 17.5 Å².